The van der Waals surface area contributed by atoms with Gasteiger partial charge in [-0.15, -0.1) is 11.3 Å². The van der Waals surface area contributed by atoms with Crippen LogP contribution in [0.2, 0.25) is 0 Å². The quantitative estimate of drug-likeness (QED) is 0.888. The van der Waals surface area contributed by atoms with Crippen LogP contribution in [0.3, 0.4) is 0 Å². The van der Waals surface area contributed by atoms with Gasteiger partial charge in [-0.25, -0.2) is 9.78 Å². The number of carboxylic acids is 1. The van der Waals surface area contributed by atoms with Gasteiger partial charge in [0.15, 0.2) is 11.5 Å². The molecule has 0 saturated heterocycles. The van der Waals surface area contributed by atoms with Gasteiger partial charge in [-0.05, 0) is 37.5 Å². The number of carbonyl (C=O) groups is 1. The summed E-state index contributed by atoms with van der Waals surface area (Å²) in [6, 6.07) is 5.69. The SMILES string of the molecule is COc1ccc(CCc2nc(C)sc2C(=O)O)cc1OC. The Bertz CT molecular complexity index is 651. The van der Waals surface area contributed by atoms with Crippen LogP contribution < -0.4 is 9.47 Å². The van der Waals surface area contributed by atoms with Crippen molar-refractivity contribution < 1.29 is 19.4 Å². The highest BCUT2D eigenvalue weighted by atomic mass is 32.1. The molecule has 21 heavy (non-hydrogen) atoms. The molecule has 0 aliphatic heterocycles. The summed E-state index contributed by atoms with van der Waals surface area (Å²) >= 11 is 1.22. The molecule has 1 aromatic carbocycles. The van der Waals surface area contributed by atoms with Crippen molar-refractivity contribution in [1.29, 1.82) is 0 Å². The van der Waals surface area contributed by atoms with Gasteiger partial charge in [0.2, 0.25) is 0 Å². The second kappa shape index (κ2) is 6.58. The molecule has 0 bridgehead atoms. The van der Waals surface area contributed by atoms with E-state index < -0.39 is 5.97 Å². The van der Waals surface area contributed by atoms with E-state index in [1.807, 2.05) is 25.1 Å². The minimum absolute atomic E-state index is 0.327. The van der Waals surface area contributed by atoms with Gasteiger partial charge in [-0.3, -0.25) is 0 Å². The Morgan fingerprint density at radius 2 is 1.95 bits per heavy atom. The Kier molecular flexibility index (Phi) is 4.80. The number of rotatable bonds is 6. The lowest BCUT2D eigenvalue weighted by molar-refractivity contribution is 0.0700. The molecule has 0 saturated carbocycles. The summed E-state index contributed by atoms with van der Waals surface area (Å²) in [4.78, 5) is 15.8. The number of aryl methyl sites for hydroxylation is 3. The topological polar surface area (TPSA) is 68.7 Å². The van der Waals surface area contributed by atoms with E-state index in [-0.39, 0.29) is 0 Å². The second-order valence-corrected chi connectivity index (χ2v) is 5.71. The summed E-state index contributed by atoms with van der Waals surface area (Å²) in [6.07, 6.45) is 1.28. The van der Waals surface area contributed by atoms with E-state index in [1.165, 1.54) is 11.3 Å². The second-order valence-electron chi connectivity index (χ2n) is 4.50. The predicted molar refractivity (Wildman–Crippen MR) is 80.8 cm³/mol. The fourth-order valence-corrected chi connectivity index (χ4v) is 2.91. The maximum absolute atomic E-state index is 11.2. The van der Waals surface area contributed by atoms with E-state index in [2.05, 4.69) is 4.98 Å². The first-order chi connectivity index (χ1) is 10.0. The van der Waals surface area contributed by atoms with Crippen molar-refractivity contribution in [2.45, 2.75) is 19.8 Å². The smallest absolute Gasteiger partial charge is 0.347 e. The zero-order chi connectivity index (χ0) is 15.4. The molecule has 1 aromatic heterocycles. The van der Waals surface area contributed by atoms with E-state index in [0.29, 0.717) is 34.9 Å². The Morgan fingerprint density at radius 1 is 1.24 bits per heavy atom. The van der Waals surface area contributed by atoms with E-state index in [1.54, 1.807) is 14.2 Å². The normalized spacial score (nSPS) is 10.4. The highest BCUT2D eigenvalue weighted by Gasteiger charge is 2.15. The molecule has 2 rings (SSSR count). The number of hydrogen-bond donors (Lipinski definition) is 1. The number of methoxy groups -OCH3 is 2. The summed E-state index contributed by atoms with van der Waals surface area (Å²) in [7, 11) is 3.18. The first-order valence-corrected chi connectivity index (χ1v) is 7.27. The van der Waals surface area contributed by atoms with Crippen LogP contribution in [-0.2, 0) is 12.8 Å². The molecule has 0 atom stereocenters. The van der Waals surface area contributed by atoms with Gasteiger partial charge < -0.3 is 14.6 Å². The predicted octanol–water partition coefficient (Wildman–Crippen LogP) is 2.95. The Labute approximate surface area is 127 Å². The fourth-order valence-electron chi connectivity index (χ4n) is 2.11. The molecule has 0 aliphatic carbocycles. The minimum Gasteiger partial charge on any atom is -0.493 e. The van der Waals surface area contributed by atoms with Crippen LogP contribution in [0, 0.1) is 6.92 Å². The van der Waals surface area contributed by atoms with E-state index >= 15 is 0 Å². The van der Waals surface area contributed by atoms with Crippen LogP contribution in [0.1, 0.15) is 25.9 Å². The molecule has 0 aliphatic rings. The van der Waals surface area contributed by atoms with Gasteiger partial charge >= 0.3 is 5.97 Å². The summed E-state index contributed by atoms with van der Waals surface area (Å²) in [5.41, 5.74) is 1.69. The van der Waals surface area contributed by atoms with Crippen LogP contribution in [0.4, 0.5) is 0 Å². The van der Waals surface area contributed by atoms with Crippen molar-refractivity contribution in [1.82, 2.24) is 4.98 Å². The third-order valence-corrected chi connectivity index (χ3v) is 4.10. The standard InChI is InChI=1S/C15H17NO4S/c1-9-16-11(14(21-9)15(17)18)6-4-10-5-7-12(19-2)13(8-10)20-3/h5,7-8H,4,6H2,1-3H3,(H,17,18). The number of nitrogens with zero attached hydrogens (tertiary/aromatic N) is 1. The maximum Gasteiger partial charge on any atom is 0.347 e. The molecule has 2 aromatic rings. The molecule has 0 radical (unpaired) electrons. The molecular formula is C15H17NO4S. The molecule has 1 heterocycles. The lowest BCUT2D eigenvalue weighted by Gasteiger charge is -2.09. The fraction of sp³-hybridized carbons (Fsp3) is 0.333. The Hall–Kier alpha value is -2.08. The number of aromatic nitrogens is 1. The largest absolute Gasteiger partial charge is 0.493 e. The van der Waals surface area contributed by atoms with E-state index in [9.17, 15) is 4.79 Å². The highest BCUT2D eigenvalue weighted by Crippen LogP contribution is 2.28. The molecular weight excluding hydrogens is 290 g/mol. The number of aromatic carboxylic acids is 1. The van der Waals surface area contributed by atoms with Crippen LogP contribution in [0.25, 0.3) is 0 Å². The Balaban J connectivity index is 2.15. The molecule has 112 valence electrons. The van der Waals surface area contributed by atoms with Crippen LogP contribution >= 0.6 is 11.3 Å². The molecule has 0 fully saturated rings. The van der Waals surface area contributed by atoms with Crippen molar-refractivity contribution in [3.8, 4) is 11.5 Å². The summed E-state index contributed by atoms with van der Waals surface area (Å²) in [5.74, 6) is 0.433. The summed E-state index contributed by atoms with van der Waals surface area (Å²) < 4.78 is 10.5. The molecule has 1 N–H and O–H groups in total. The lowest BCUT2D eigenvalue weighted by atomic mass is 10.1. The van der Waals surface area contributed by atoms with Gasteiger partial charge in [0, 0.05) is 0 Å². The van der Waals surface area contributed by atoms with Gasteiger partial charge in [0.1, 0.15) is 4.88 Å². The van der Waals surface area contributed by atoms with Crippen molar-refractivity contribution in [3.63, 3.8) is 0 Å². The van der Waals surface area contributed by atoms with Crippen molar-refractivity contribution in [3.05, 3.63) is 39.3 Å². The zero-order valence-corrected chi connectivity index (χ0v) is 13.0. The monoisotopic (exact) mass is 307 g/mol. The summed E-state index contributed by atoms with van der Waals surface area (Å²) in [6.45, 7) is 1.82. The average Bonchev–Trinajstić information content (AvgIpc) is 2.86. The first kappa shape index (κ1) is 15.3. The van der Waals surface area contributed by atoms with E-state index in [4.69, 9.17) is 14.6 Å². The van der Waals surface area contributed by atoms with Crippen molar-refractivity contribution in [2.24, 2.45) is 0 Å². The number of thiazole rings is 1. The van der Waals surface area contributed by atoms with Gasteiger partial charge in [0.05, 0.1) is 24.9 Å². The molecule has 5 nitrogen and oxygen atoms in total. The number of hydrogen-bond acceptors (Lipinski definition) is 5. The molecule has 0 spiro atoms. The van der Waals surface area contributed by atoms with Gasteiger partial charge in [-0.2, -0.15) is 0 Å². The third-order valence-electron chi connectivity index (χ3n) is 3.10. The van der Waals surface area contributed by atoms with Crippen LogP contribution in [-0.4, -0.2) is 30.3 Å². The number of ether oxygens (including phenoxy) is 2. The highest BCUT2D eigenvalue weighted by molar-refractivity contribution is 7.13. The van der Waals surface area contributed by atoms with Gasteiger partial charge in [0.25, 0.3) is 0 Å². The van der Waals surface area contributed by atoms with Crippen molar-refractivity contribution >= 4 is 17.3 Å². The van der Waals surface area contributed by atoms with Crippen LogP contribution in [0.5, 0.6) is 11.5 Å². The van der Waals surface area contributed by atoms with Crippen LogP contribution in [0.15, 0.2) is 18.2 Å². The molecule has 0 amide bonds. The van der Waals surface area contributed by atoms with Gasteiger partial charge in [-0.1, -0.05) is 6.07 Å². The summed E-state index contributed by atoms with van der Waals surface area (Å²) in [5, 5.41) is 9.93. The molecule has 6 heteroatoms. The Morgan fingerprint density at radius 3 is 2.57 bits per heavy atom. The first-order valence-electron chi connectivity index (χ1n) is 6.45. The maximum atomic E-state index is 11.2. The zero-order valence-electron chi connectivity index (χ0n) is 12.2. The minimum atomic E-state index is -0.914. The van der Waals surface area contributed by atoms with E-state index in [0.717, 1.165) is 10.6 Å². The average molecular weight is 307 g/mol. The van der Waals surface area contributed by atoms with Crippen molar-refractivity contribution in [2.75, 3.05) is 14.2 Å². The number of benzene rings is 1. The molecule has 0 unspecified atom stereocenters. The lowest BCUT2D eigenvalue weighted by Crippen LogP contribution is -2.01. The number of carboxylic acid groups (broad SMARTS) is 1. The third kappa shape index (κ3) is 3.52.